The molecule has 8 nitrogen and oxygen atoms in total. The maximum Gasteiger partial charge on any atom is 0.267 e. The number of ether oxygens (including phenoxy) is 4. The number of rotatable bonds is 3. The third-order valence-corrected chi connectivity index (χ3v) is 4.64. The van der Waals surface area contributed by atoms with Crippen LogP contribution in [0.15, 0.2) is 30.3 Å². The van der Waals surface area contributed by atoms with E-state index in [4.69, 9.17) is 24.7 Å². The number of fused-ring (bicyclic) bond motifs is 4. The summed E-state index contributed by atoms with van der Waals surface area (Å²) < 4.78 is 22.0. The lowest BCUT2D eigenvalue weighted by Gasteiger charge is -2.16. The Labute approximate surface area is 153 Å². The summed E-state index contributed by atoms with van der Waals surface area (Å²) in [6.45, 7) is -0.196. The van der Waals surface area contributed by atoms with Gasteiger partial charge in [0.25, 0.3) is 5.91 Å². The zero-order chi connectivity index (χ0) is 18.5. The maximum atomic E-state index is 12.0. The van der Waals surface area contributed by atoms with Gasteiger partial charge in [0.2, 0.25) is 13.6 Å². The van der Waals surface area contributed by atoms with Gasteiger partial charge in [-0.2, -0.15) is 0 Å². The van der Waals surface area contributed by atoms with Crippen LogP contribution in [0.25, 0.3) is 22.0 Å². The zero-order valence-electron chi connectivity index (χ0n) is 14.0. The first-order valence-electron chi connectivity index (χ1n) is 8.23. The molecule has 0 saturated carbocycles. The number of hydrogen-bond donors (Lipinski definition) is 2. The van der Waals surface area contributed by atoms with Crippen LogP contribution < -0.4 is 24.7 Å². The van der Waals surface area contributed by atoms with Gasteiger partial charge >= 0.3 is 0 Å². The van der Waals surface area contributed by atoms with Crippen LogP contribution in [0.2, 0.25) is 0 Å². The Morgan fingerprint density at radius 1 is 1.04 bits per heavy atom. The highest BCUT2D eigenvalue weighted by molar-refractivity contribution is 6.07. The third kappa shape index (κ3) is 2.27. The Morgan fingerprint density at radius 3 is 2.59 bits per heavy atom. The van der Waals surface area contributed by atoms with E-state index in [0.717, 1.165) is 0 Å². The standard InChI is InChI=1S/C19H14N2O6/c20-19(23)17-10(6-22)15(9-1-3-12-14(5-9)26-7-24-12)16-11(21-17)2-4-13-18(16)27-8-25-13/h1-5,22H,6-8H2,(H2,20,23). The average Bonchev–Trinajstić information content (AvgIpc) is 3.34. The van der Waals surface area contributed by atoms with Crippen molar-refractivity contribution in [2.24, 2.45) is 5.73 Å². The molecular formula is C19H14N2O6. The Bertz CT molecular complexity index is 1110. The molecule has 0 aliphatic carbocycles. The van der Waals surface area contributed by atoms with E-state index in [1.807, 2.05) is 6.07 Å². The normalized spacial score (nSPS) is 14.0. The van der Waals surface area contributed by atoms with Crippen molar-refractivity contribution in [1.82, 2.24) is 4.98 Å². The molecule has 1 aromatic heterocycles. The monoisotopic (exact) mass is 366 g/mol. The molecule has 2 aromatic carbocycles. The molecule has 0 atom stereocenters. The van der Waals surface area contributed by atoms with Gasteiger partial charge in [0.1, 0.15) is 5.69 Å². The number of carbonyl (C=O) groups excluding carboxylic acids is 1. The van der Waals surface area contributed by atoms with E-state index in [1.165, 1.54) is 0 Å². The van der Waals surface area contributed by atoms with Crippen LogP contribution in [-0.2, 0) is 6.61 Å². The van der Waals surface area contributed by atoms with Crippen molar-refractivity contribution in [2.75, 3.05) is 13.6 Å². The van der Waals surface area contributed by atoms with Gasteiger partial charge < -0.3 is 29.8 Å². The summed E-state index contributed by atoms with van der Waals surface area (Å²) in [6, 6.07) is 8.84. The summed E-state index contributed by atoms with van der Waals surface area (Å²) in [7, 11) is 0. The lowest BCUT2D eigenvalue weighted by molar-refractivity contribution is 0.0992. The van der Waals surface area contributed by atoms with Crippen LogP contribution in [0.1, 0.15) is 16.1 Å². The van der Waals surface area contributed by atoms with E-state index in [2.05, 4.69) is 4.98 Å². The third-order valence-electron chi connectivity index (χ3n) is 4.64. The number of benzene rings is 2. The number of nitrogens with two attached hydrogens (primary N) is 1. The van der Waals surface area contributed by atoms with Crippen LogP contribution >= 0.6 is 0 Å². The van der Waals surface area contributed by atoms with Crippen LogP contribution in [0.5, 0.6) is 23.0 Å². The predicted octanol–water partition coefficient (Wildman–Crippen LogP) is 1.95. The van der Waals surface area contributed by atoms with Gasteiger partial charge in [-0.1, -0.05) is 6.07 Å². The number of pyridine rings is 1. The van der Waals surface area contributed by atoms with Crippen LogP contribution in [0.4, 0.5) is 0 Å². The fraction of sp³-hybridized carbons (Fsp3) is 0.158. The van der Waals surface area contributed by atoms with Crippen molar-refractivity contribution in [3.05, 3.63) is 41.6 Å². The Morgan fingerprint density at radius 2 is 1.78 bits per heavy atom. The highest BCUT2D eigenvalue weighted by Crippen LogP contribution is 2.46. The van der Waals surface area contributed by atoms with E-state index in [-0.39, 0.29) is 19.3 Å². The Balaban J connectivity index is 1.90. The molecular weight excluding hydrogens is 352 g/mol. The van der Waals surface area contributed by atoms with Crippen molar-refractivity contribution in [3.63, 3.8) is 0 Å². The number of nitrogens with zero attached hydrogens (tertiary/aromatic N) is 1. The predicted molar refractivity (Wildman–Crippen MR) is 93.9 cm³/mol. The van der Waals surface area contributed by atoms with E-state index in [0.29, 0.717) is 50.6 Å². The van der Waals surface area contributed by atoms with E-state index < -0.39 is 12.5 Å². The van der Waals surface area contributed by atoms with Gasteiger partial charge in [-0.3, -0.25) is 4.79 Å². The second-order valence-electron chi connectivity index (χ2n) is 6.10. The lowest BCUT2D eigenvalue weighted by atomic mass is 9.93. The van der Waals surface area contributed by atoms with Crippen LogP contribution in [0, 0.1) is 0 Å². The second kappa shape index (κ2) is 5.75. The average molecular weight is 366 g/mol. The first kappa shape index (κ1) is 15.7. The number of aliphatic hydroxyl groups excluding tert-OH is 1. The molecule has 8 heteroatoms. The quantitative estimate of drug-likeness (QED) is 0.728. The largest absolute Gasteiger partial charge is 0.454 e. The topological polar surface area (TPSA) is 113 Å². The molecule has 0 fully saturated rings. The highest BCUT2D eigenvalue weighted by atomic mass is 16.7. The molecule has 1 amide bonds. The summed E-state index contributed by atoms with van der Waals surface area (Å²) in [4.78, 5) is 16.3. The summed E-state index contributed by atoms with van der Waals surface area (Å²) in [5, 5.41) is 10.7. The van der Waals surface area contributed by atoms with Gasteiger partial charge in [0, 0.05) is 11.1 Å². The SMILES string of the molecule is NC(=O)c1nc2ccc3c(c2c(-c2ccc4c(c2)OCO4)c1CO)OCO3. The number of aliphatic hydroxyl groups is 1. The maximum absolute atomic E-state index is 12.0. The molecule has 0 unspecified atom stereocenters. The summed E-state index contributed by atoms with van der Waals surface area (Å²) in [6.07, 6.45) is 0. The molecule has 3 heterocycles. The first-order valence-corrected chi connectivity index (χ1v) is 8.23. The van der Waals surface area contributed by atoms with Gasteiger partial charge in [0.05, 0.1) is 17.5 Å². The van der Waals surface area contributed by atoms with Crippen molar-refractivity contribution < 1.29 is 28.8 Å². The molecule has 0 bridgehead atoms. The van der Waals surface area contributed by atoms with Crippen LogP contribution in [0.3, 0.4) is 0 Å². The second-order valence-corrected chi connectivity index (χ2v) is 6.10. The number of primary amides is 1. The van der Waals surface area contributed by atoms with E-state index >= 15 is 0 Å². The molecule has 5 rings (SSSR count). The van der Waals surface area contributed by atoms with E-state index in [1.54, 1.807) is 24.3 Å². The zero-order valence-corrected chi connectivity index (χ0v) is 14.0. The van der Waals surface area contributed by atoms with Gasteiger partial charge in [-0.15, -0.1) is 0 Å². The first-order chi connectivity index (χ1) is 13.2. The number of amides is 1. The summed E-state index contributed by atoms with van der Waals surface area (Å²) >= 11 is 0. The Hall–Kier alpha value is -3.52. The molecule has 3 aromatic rings. The lowest BCUT2D eigenvalue weighted by Crippen LogP contribution is -2.17. The minimum Gasteiger partial charge on any atom is -0.454 e. The molecule has 3 N–H and O–H groups in total. The van der Waals surface area contributed by atoms with Gasteiger partial charge in [-0.25, -0.2) is 4.98 Å². The molecule has 0 radical (unpaired) electrons. The molecule has 27 heavy (non-hydrogen) atoms. The number of aromatic nitrogens is 1. The minimum atomic E-state index is -0.722. The summed E-state index contributed by atoms with van der Waals surface area (Å²) in [5.74, 6) is 1.57. The number of carbonyl (C=O) groups is 1. The highest BCUT2D eigenvalue weighted by Gasteiger charge is 2.27. The van der Waals surface area contributed by atoms with Crippen molar-refractivity contribution in [2.45, 2.75) is 6.61 Å². The fourth-order valence-electron chi connectivity index (χ4n) is 3.48. The van der Waals surface area contributed by atoms with Crippen LogP contribution in [-0.4, -0.2) is 29.6 Å². The fourth-order valence-corrected chi connectivity index (χ4v) is 3.48. The molecule has 0 spiro atoms. The Kier molecular flexibility index (Phi) is 3.34. The molecule has 2 aliphatic heterocycles. The van der Waals surface area contributed by atoms with Crippen molar-refractivity contribution in [1.29, 1.82) is 0 Å². The molecule has 136 valence electrons. The minimum absolute atomic E-state index is 0.0107. The van der Waals surface area contributed by atoms with Gasteiger partial charge in [0.15, 0.2) is 23.0 Å². The number of hydrogen-bond acceptors (Lipinski definition) is 7. The molecule has 2 aliphatic rings. The van der Waals surface area contributed by atoms with Crippen molar-refractivity contribution >= 4 is 16.8 Å². The summed E-state index contributed by atoms with van der Waals surface area (Å²) in [5.41, 5.74) is 7.66. The van der Waals surface area contributed by atoms with Crippen molar-refractivity contribution in [3.8, 4) is 34.1 Å². The molecule has 0 saturated heterocycles. The van der Waals surface area contributed by atoms with Gasteiger partial charge in [-0.05, 0) is 29.8 Å². The van der Waals surface area contributed by atoms with E-state index in [9.17, 15) is 9.90 Å². The smallest absolute Gasteiger partial charge is 0.267 e.